The van der Waals surface area contributed by atoms with Crippen LogP contribution in [0.1, 0.15) is 29.6 Å². The number of anilines is 1. The Bertz CT molecular complexity index is 1090. The summed E-state index contributed by atoms with van der Waals surface area (Å²) in [5, 5.41) is 10.0. The van der Waals surface area contributed by atoms with Gasteiger partial charge in [0.2, 0.25) is 0 Å². The second kappa shape index (κ2) is 9.58. The summed E-state index contributed by atoms with van der Waals surface area (Å²) >= 11 is 21.6. The highest BCUT2D eigenvalue weighted by Crippen LogP contribution is 2.31. The second-order valence-corrected chi connectivity index (χ2v) is 7.48. The maximum absolute atomic E-state index is 12.9. The fourth-order valence-electron chi connectivity index (χ4n) is 2.40. The van der Waals surface area contributed by atoms with Crippen molar-refractivity contribution in [1.29, 1.82) is 0 Å². The third-order valence-electron chi connectivity index (χ3n) is 3.62. The van der Waals surface area contributed by atoms with Crippen LogP contribution in [0.15, 0.2) is 41.1 Å². The Kier molecular flexibility index (Phi) is 7.13. The van der Waals surface area contributed by atoms with E-state index in [2.05, 4.69) is 36.6 Å². The summed E-state index contributed by atoms with van der Waals surface area (Å²) in [4.78, 5) is 29.3. The zero-order chi connectivity index (χ0) is 22.4. The molecular weight excluding hydrogens is 504 g/mol. The normalized spacial score (nSPS) is 10.5. The lowest BCUT2D eigenvalue weighted by atomic mass is 10.1. The van der Waals surface area contributed by atoms with Crippen molar-refractivity contribution in [1.82, 2.24) is 20.1 Å². The van der Waals surface area contributed by atoms with Gasteiger partial charge in [0.1, 0.15) is 10.3 Å². The minimum absolute atomic E-state index is 0.112. The number of aromatic nitrogens is 3. The Labute approximate surface area is 191 Å². The third kappa shape index (κ3) is 4.90. The van der Waals surface area contributed by atoms with Crippen molar-refractivity contribution in [3.05, 3.63) is 67.5 Å². The van der Waals surface area contributed by atoms with Crippen LogP contribution in [0.25, 0.3) is 5.82 Å². The first-order valence-electron chi connectivity index (χ1n) is 8.70. The quantitative estimate of drug-likeness (QED) is 0.492. The Hall–Kier alpha value is -2.13. The van der Waals surface area contributed by atoms with Gasteiger partial charge >= 0.3 is 0 Å². The van der Waals surface area contributed by atoms with Crippen molar-refractivity contribution in [3.63, 3.8) is 0 Å². The molecule has 0 radical (unpaired) electrons. The summed E-state index contributed by atoms with van der Waals surface area (Å²) in [6.07, 6.45) is 1.53. The van der Waals surface area contributed by atoms with E-state index in [1.807, 2.05) is 0 Å². The summed E-state index contributed by atoms with van der Waals surface area (Å²) in [5.74, 6) is -0.759. The summed E-state index contributed by atoms with van der Waals surface area (Å²) in [6.45, 7) is 0. The number of hydrogen-bond donors (Lipinski definition) is 2. The molecule has 0 fully saturated rings. The molecule has 3 aromatic rings. The van der Waals surface area contributed by atoms with Gasteiger partial charge in [-0.05, 0) is 40.2 Å². The Morgan fingerprint density at radius 1 is 1.17 bits per heavy atom. The number of nitrogens with one attached hydrogen (secondary N) is 2. The van der Waals surface area contributed by atoms with Crippen LogP contribution in [0, 0.1) is 0 Å². The summed E-state index contributed by atoms with van der Waals surface area (Å²) in [7, 11) is 2.71. The van der Waals surface area contributed by atoms with Gasteiger partial charge in [0.05, 0.1) is 21.3 Å². The molecule has 2 heterocycles. The molecule has 0 aliphatic carbocycles. The van der Waals surface area contributed by atoms with Crippen LogP contribution in [-0.4, -0.2) is 33.6 Å². The molecule has 3 rings (SSSR count). The molecule has 11 heteroatoms. The van der Waals surface area contributed by atoms with E-state index in [-0.39, 0.29) is 32.8 Å². The highest BCUT2D eigenvalue weighted by Gasteiger charge is 2.22. The lowest BCUT2D eigenvalue weighted by Crippen LogP contribution is -2.23. The first kappa shape index (κ1) is 21.6. The van der Waals surface area contributed by atoms with Crippen molar-refractivity contribution in [3.8, 4) is 5.82 Å². The maximum atomic E-state index is 12.9. The lowest BCUT2D eigenvalue weighted by Gasteiger charge is -2.13. The third-order valence-corrected chi connectivity index (χ3v) is 4.82. The molecule has 29 heavy (non-hydrogen) atoms. The Morgan fingerprint density at radius 2 is 1.90 bits per heavy atom. The van der Waals surface area contributed by atoms with E-state index in [4.69, 9.17) is 36.2 Å². The Morgan fingerprint density at radius 3 is 2.55 bits per heavy atom. The minimum atomic E-state index is -0.575. The summed E-state index contributed by atoms with van der Waals surface area (Å²) in [6, 6.07) is 7.61. The predicted octanol–water partition coefficient (Wildman–Crippen LogP) is 5.24. The molecule has 0 unspecified atom stereocenters. The maximum Gasteiger partial charge on any atom is 0.274 e. The fourth-order valence-corrected chi connectivity index (χ4v) is 3.52. The summed E-state index contributed by atoms with van der Waals surface area (Å²) < 4.78 is 7.43. The molecule has 0 atom stereocenters. The molecule has 2 amide bonds. The van der Waals surface area contributed by atoms with Crippen LogP contribution in [0.3, 0.4) is 0 Å². The number of amides is 2. The molecule has 0 spiro atoms. The molecule has 1 aromatic carbocycles. The van der Waals surface area contributed by atoms with E-state index in [1.165, 1.54) is 43.5 Å². The minimum Gasteiger partial charge on any atom is -0.355 e. The smallest absolute Gasteiger partial charge is 0.274 e. The molecule has 0 bridgehead atoms. The van der Waals surface area contributed by atoms with E-state index in [9.17, 15) is 9.59 Å². The van der Waals surface area contributed by atoms with Gasteiger partial charge < -0.3 is 10.6 Å². The largest absolute Gasteiger partial charge is 0.355 e. The van der Waals surface area contributed by atoms with Crippen molar-refractivity contribution < 1.29 is 11.0 Å². The van der Waals surface area contributed by atoms with Gasteiger partial charge in [0.15, 0.2) is 5.82 Å². The second-order valence-electron chi connectivity index (χ2n) is 5.42. The molecule has 0 saturated heterocycles. The summed E-state index contributed by atoms with van der Waals surface area (Å²) in [5.41, 5.74) is 0.363. The van der Waals surface area contributed by atoms with Gasteiger partial charge in [0, 0.05) is 25.7 Å². The van der Waals surface area contributed by atoms with Crippen LogP contribution in [0.2, 0.25) is 15.1 Å². The molecule has 0 aliphatic heterocycles. The molecule has 2 aromatic heterocycles. The van der Waals surface area contributed by atoms with Crippen LogP contribution < -0.4 is 10.6 Å². The highest BCUT2D eigenvalue weighted by atomic mass is 79.9. The number of carbonyl (C=O) groups is 2. The number of pyridine rings is 1. The van der Waals surface area contributed by atoms with Crippen molar-refractivity contribution >= 4 is 68.2 Å². The van der Waals surface area contributed by atoms with Crippen LogP contribution in [0.5, 0.6) is 0 Å². The lowest BCUT2D eigenvalue weighted by molar-refractivity contribution is 0.0964. The molecule has 0 saturated carbocycles. The average Bonchev–Trinajstić information content (AvgIpc) is 3.12. The van der Waals surface area contributed by atoms with Crippen LogP contribution in [0.4, 0.5) is 5.69 Å². The molecule has 0 aliphatic rings. The van der Waals surface area contributed by atoms with Gasteiger partial charge in [-0.1, -0.05) is 42.2 Å². The monoisotopic (exact) mass is 519 g/mol. The number of halogens is 4. The van der Waals surface area contributed by atoms with Crippen molar-refractivity contribution in [2.24, 2.45) is 0 Å². The molecule has 2 N–H and O–H groups in total. The van der Waals surface area contributed by atoms with Gasteiger partial charge in [-0.25, -0.2) is 9.67 Å². The number of nitrogens with zero attached hydrogens (tertiary/aromatic N) is 3. The number of benzene rings is 1. The first-order valence-corrected chi connectivity index (χ1v) is 9.63. The van der Waals surface area contributed by atoms with E-state index in [0.717, 1.165) is 0 Å². The molecule has 152 valence electrons. The highest BCUT2D eigenvalue weighted by molar-refractivity contribution is 9.10. The van der Waals surface area contributed by atoms with E-state index >= 15 is 0 Å². The molecular formula is C18H15BrCl3N5O2. The van der Waals surface area contributed by atoms with Gasteiger partial charge in [-0.15, -0.1) is 0 Å². The fraction of sp³-hybridized carbons (Fsp3) is 0.111. The predicted molar refractivity (Wildman–Crippen MR) is 119 cm³/mol. The standard InChI is InChI=1S/C17H11BrCl3N5O2.CH4/c1-22-16(27)9-5-8(19)6-11(21)14(9)24-17(28)12-7-13(18)25-26(12)15-10(20)3-2-4-23-15;/h2-7H,1H3,(H,22,27)(H,24,28);1H4/i;1T. The Balaban J connectivity index is 0.00000155. The topological polar surface area (TPSA) is 88.9 Å². The van der Waals surface area contributed by atoms with Gasteiger partial charge in [-0.2, -0.15) is 5.10 Å². The van der Waals surface area contributed by atoms with Crippen molar-refractivity contribution in [2.45, 2.75) is 7.40 Å². The number of rotatable bonds is 4. The van der Waals surface area contributed by atoms with Crippen LogP contribution >= 0.6 is 50.7 Å². The van der Waals surface area contributed by atoms with E-state index in [1.54, 1.807) is 12.1 Å². The van der Waals surface area contributed by atoms with E-state index < -0.39 is 11.8 Å². The zero-order valence-electron chi connectivity index (χ0n) is 16.1. The number of hydrogen-bond acceptors (Lipinski definition) is 4. The number of carbonyl (C=O) groups excluding carboxylic acids is 2. The van der Waals surface area contributed by atoms with Gasteiger partial charge in [0.25, 0.3) is 11.8 Å². The molecule has 7 nitrogen and oxygen atoms in total. The van der Waals surface area contributed by atoms with Gasteiger partial charge in [-0.3, -0.25) is 9.59 Å². The first-order chi connectivity index (χ1) is 14.3. The zero-order valence-corrected chi connectivity index (χ0v) is 19.0. The van der Waals surface area contributed by atoms with Crippen LogP contribution in [-0.2, 0) is 0 Å². The SMILES string of the molecule is CNC(=O)c1cc(Cl)cc(Cl)c1NC(=O)c1cc(Br)nn1-c1ncccc1Cl.[3H]C. The average molecular weight is 522 g/mol. The van der Waals surface area contributed by atoms with E-state index in [0.29, 0.717) is 9.63 Å². The van der Waals surface area contributed by atoms with Crippen molar-refractivity contribution in [2.75, 3.05) is 12.4 Å².